The van der Waals surface area contributed by atoms with E-state index < -0.39 is 5.82 Å². The fourth-order valence-electron chi connectivity index (χ4n) is 11.1. The molecule has 7 N–H and O–H groups in total. The molecule has 12 rings (SSSR count). The number of fused-ring (bicyclic) bond motifs is 7. The number of nitrogens with one attached hydrogen (secondary N) is 3. The monoisotopic (exact) mass is 1110 g/mol. The summed E-state index contributed by atoms with van der Waals surface area (Å²) < 4.78 is 41.3. The summed E-state index contributed by atoms with van der Waals surface area (Å²) in [5, 5.41) is 16.6. The van der Waals surface area contributed by atoms with E-state index in [0.29, 0.717) is 113 Å². The van der Waals surface area contributed by atoms with Crippen LogP contribution in [-0.2, 0) is 27.5 Å². The second kappa shape index (κ2) is 24.6. The zero-order valence-electron chi connectivity index (χ0n) is 45.2. The lowest BCUT2D eigenvalue weighted by molar-refractivity contribution is -0.125. The standard InChI is InChI=1S/C38H39ClFN9O5.C17H21N3OS.C3H8/c1-19-25(40)13-27-24(15-44-47-27)30(19)31-33(39)35-32-34(36(31)52-17-20-2-4-21(5-3-20)26(41)16-48(42)8-9-50)45-38(54-23-6-10-51-11-7-23)46-37(32)49-22-12-28(43-14-22)29(49)18-53-35;1-12-16(22-11-19-12)14-7-5-13(6-8-14)10-18-17(21)15-4-3-9-20(15)2;1-3-2/h2-5,9,13,15-16,22-23,28-29,43H,6-8,10-12,14,17-18,41-42H2,1H3,(H,44,47);5-8,11,15H,3-4,9-10H2,1-2H3,(H,18,21);3H2,1-2H3/b26-16-;;. The first-order chi connectivity index (χ1) is 38.3. The average Bonchev–Trinajstić information content (AvgIpc) is 4.22. The van der Waals surface area contributed by atoms with Gasteiger partial charge in [-0.1, -0.05) is 80.4 Å². The summed E-state index contributed by atoms with van der Waals surface area (Å²) >= 11 is 9.15. The number of piperazine rings is 1. The molecule has 3 aromatic heterocycles. The van der Waals surface area contributed by atoms with Gasteiger partial charge >= 0.3 is 6.01 Å². The van der Waals surface area contributed by atoms with Gasteiger partial charge in [-0.2, -0.15) is 15.1 Å². The van der Waals surface area contributed by atoms with Crippen LogP contribution in [0.5, 0.6) is 17.5 Å². The van der Waals surface area contributed by atoms with Gasteiger partial charge in [0.15, 0.2) is 11.5 Å². The number of nitrogens with zero attached hydrogens (tertiary/aromatic N) is 7. The summed E-state index contributed by atoms with van der Waals surface area (Å²) in [5.74, 6) is 6.95. The molecule has 79 heavy (non-hydrogen) atoms. The van der Waals surface area contributed by atoms with Gasteiger partial charge in [0.1, 0.15) is 42.8 Å². The first kappa shape index (κ1) is 55.4. The number of amides is 1. The van der Waals surface area contributed by atoms with Crippen molar-refractivity contribution in [1.82, 2.24) is 45.7 Å². The number of anilines is 1. The number of thiazole rings is 1. The van der Waals surface area contributed by atoms with Crippen LogP contribution in [0, 0.1) is 19.7 Å². The van der Waals surface area contributed by atoms with Crippen molar-refractivity contribution in [2.75, 3.05) is 51.4 Å². The lowest BCUT2D eigenvalue weighted by atomic mass is 9.93. The topological polar surface area (TPSA) is 224 Å². The third kappa shape index (κ3) is 11.7. The molecule has 21 heteroatoms. The third-order valence-corrected chi connectivity index (χ3v) is 16.4. The fraction of sp³-hybridized carbons (Fsp3) is 0.414. The van der Waals surface area contributed by atoms with Crippen LogP contribution in [0.2, 0.25) is 5.02 Å². The molecule has 0 saturated carbocycles. The number of nitrogens with two attached hydrogens (primary N) is 2. The molecule has 8 heterocycles. The highest BCUT2D eigenvalue weighted by Gasteiger charge is 2.49. The maximum Gasteiger partial charge on any atom is 0.319 e. The van der Waals surface area contributed by atoms with Crippen molar-refractivity contribution in [3.63, 3.8) is 0 Å². The Balaban J connectivity index is 0.000000234. The minimum Gasteiger partial charge on any atom is -0.489 e. The van der Waals surface area contributed by atoms with Gasteiger partial charge in [0.05, 0.1) is 75.7 Å². The normalized spacial score (nSPS) is 19.7. The van der Waals surface area contributed by atoms with Crippen molar-refractivity contribution in [1.29, 1.82) is 0 Å². The SMILES string of the molecule is CCC.Cc1c(F)cc2[nH]ncc2c1-c1c(Cl)c2c3c(nc(OC4CCOCC4)nc3c1OCc1ccc(/C(N)=C/N(N)CC=O)cc1)N1C3CNC(C3)C1CO2.Cc1ncsc1-c1ccc(CNC(=O)C2CCCN2C)cc1. The number of H-pyrrole nitrogens is 1. The molecule has 0 aliphatic carbocycles. The van der Waals surface area contributed by atoms with Gasteiger partial charge in [-0.3, -0.25) is 14.8 Å². The largest absolute Gasteiger partial charge is 0.489 e. The molecule has 18 nitrogen and oxygen atoms in total. The van der Waals surface area contributed by atoms with Gasteiger partial charge in [-0.25, -0.2) is 15.2 Å². The van der Waals surface area contributed by atoms with E-state index in [1.807, 2.05) is 43.7 Å². The van der Waals surface area contributed by atoms with E-state index in [2.05, 4.69) is 73.7 Å². The summed E-state index contributed by atoms with van der Waals surface area (Å²) in [6.45, 7) is 12.0. The number of hydrazine groups is 1. The van der Waals surface area contributed by atoms with Crippen LogP contribution in [-0.4, -0.2) is 124 Å². The van der Waals surface area contributed by atoms with Crippen LogP contribution in [0.4, 0.5) is 10.2 Å². The summed E-state index contributed by atoms with van der Waals surface area (Å²) in [5.41, 5.74) is 15.7. The number of ether oxygens (including phenoxy) is 4. The fourth-order valence-corrected chi connectivity index (χ4v) is 12.2. The molecule has 4 aromatic carbocycles. The quantitative estimate of drug-likeness (QED) is 0.0391. The summed E-state index contributed by atoms with van der Waals surface area (Å²) in [6, 6.07) is 17.9. The van der Waals surface area contributed by atoms with Crippen LogP contribution < -0.4 is 41.3 Å². The van der Waals surface area contributed by atoms with E-state index in [-0.39, 0.29) is 60.4 Å². The summed E-state index contributed by atoms with van der Waals surface area (Å²) in [4.78, 5) is 43.1. The molecule has 4 saturated heterocycles. The van der Waals surface area contributed by atoms with Gasteiger partial charge in [0.25, 0.3) is 0 Å². The van der Waals surface area contributed by atoms with Crippen LogP contribution in [0.3, 0.4) is 0 Å². The van der Waals surface area contributed by atoms with Gasteiger partial charge in [-0.15, -0.1) is 11.3 Å². The first-order valence-electron chi connectivity index (χ1n) is 27.1. The predicted molar refractivity (Wildman–Crippen MR) is 306 cm³/mol. The van der Waals surface area contributed by atoms with E-state index in [0.717, 1.165) is 49.2 Å². The Labute approximate surface area is 468 Å². The third-order valence-electron chi connectivity index (χ3n) is 15.1. The number of benzene rings is 4. The van der Waals surface area contributed by atoms with E-state index >= 15 is 4.39 Å². The van der Waals surface area contributed by atoms with Crippen LogP contribution in [0.15, 0.2) is 72.5 Å². The minimum absolute atomic E-state index is 0.00431. The van der Waals surface area contributed by atoms with Crippen molar-refractivity contribution in [3.8, 4) is 39.1 Å². The number of likely N-dealkylation sites (tertiary alicyclic amines) is 1. The maximum absolute atomic E-state index is 15.7. The Hall–Kier alpha value is -6.94. The minimum atomic E-state index is -0.434. The van der Waals surface area contributed by atoms with Crippen molar-refractivity contribution >= 4 is 68.5 Å². The van der Waals surface area contributed by atoms with E-state index in [1.165, 1.54) is 34.1 Å². The molecule has 4 atom stereocenters. The molecule has 0 radical (unpaired) electrons. The number of carbonyl (C=O) groups excluding carboxylic acids is 2. The second-order valence-electron chi connectivity index (χ2n) is 20.7. The van der Waals surface area contributed by atoms with E-state index in [4.69, 9.17) is 52.1 Å². The molecule has 1 amide bonds. The van der Waals surface area contributed by atoms with Crippen molar-refractivity contribution in [3.05, 3.63) is 111 Å². The van der Waals surface area contributed by atoms with Crippen LogP contribution >= 0.6 is 22.9 Å². The smallest absolute Gasteiger partial charge is 0.319 e. The summed E-state index contributed by atoms with van der Waals surface area (Å²) in [6.07, 6.45) is 9.41. The molecule has 5 aliphatic heterocycles. The Morgan fingerprint density at radius 2 is 1.82 bits per heavy atom. The number of hydrogen-bond donors (Lipinski definition) is 5. The second-order valence-corrected chi connectivity index (χ2v) is 21.9. The number of aromatic nitrogens is 5. The van der Waals surface area contributed by atoms with E-state index in [1.54, 1.807) is 24.5 Å². The Kier molecular flexibility index (Phi) is 17.2. The highest BCUT2D eigenvalue weighted by Crippen LogP contribution is 2.55. The molecule has 7 aromatic rings. The molecule has 2 bridgehead atoms. The number of rotatable bonds is 14. The van der Waals surface area contributed by atoms with Gasteiger partial charge in [0.2, 0.25) is 5.91 Å². The molecule has 4 fully saturated rings. The molecule has 0 spiro atoms. The molecular formula is C58H68ClFN12O6S. The molecule has 5 aliphatic rings. The van der Waals surface area contributed by atoms with Crippen molar-refractivity contribution in [2.24, 2.45) is 11.6 Å². The zero-order chi connectivity index (χ0) is 55.3. The lowest BCUT2D eigenvalue weighted by Crippen LogP contribution is -2.53. The number of hydrogen-bond acceptors (Lipinski definition) is 17. The van der Waals surface area contributed by atoms with Gasteiger partial charge in [-0.05, 0) is 80.6 Å². The number of aldehydes is 1. The number of carbonyl (C=O) groups is 2. The number of likely N-dealkylation sites (N-methyl/N-ethyl adjacent to an activating group) is 1. The average molecular weight is 1120 g/mol. The maximum atomic E-state index is 15.7. The lowest BCUT2D eigenvalue weighted by Gasteiger charge is -2.35. The Morgan fingerprint density at radius 1 is 1.06 bits per heavy atom. The number of aryl methyl sites for hydroxylation is 1. The van der Waals surface area contributed by atoms with Gasteiger partial charge < -0.3 is 50.0 Å². The van der Waals surface area contributed by atoms with Crippen LogP contribution in [0.25, 0.3) is 49.1 Å². The first-order valence-corrected chi connectivity index (χ1v) is 28.3. The van der Waals surface area contributed by atoms with Crippen molar-refractivity contribution in [2.45, 2.75) is 110 Å². The molecule has 4 unspecified atom stereocenters. The van der Waals surface area contributed by atoms with Crippen LogP contribution in [0.1, 0.15) is 80.3 Å². The highest BCUT2D eigenvalue weighted by atomic mass is 35.5. The van der Waals surface area contributed by atoms with Gasteiger partial charge in [0, 0.05) is 60.7 Å². The molecule has 416 valence electrons. The Morgan fingerprint density at radius 3 is 2.53 bits per heavy atom. The van der Waals surface area contributed by atoms with E-state index in [9.17, 15) is 9.59 Å². The predicted octanol–water partition coefficient (Wildman–Crippen LogP) is 8.60. The number of aromatic amines is 1. The summed E-state index contributed by atoms with van der Waals surface area (Å²) in [7, 11) is 2.02. The number of halogens is 2. The Bertz CT molecular complexity index is 3340. The highest BCUT2D eigenvalue weighted by molar-refractivity contribution is 7.13. The molecular weight excluding hydrogens is 1050 g/mol. The zero-order valence-corrected chi connectivity index (χ0v) is 46.8. The van der Waals surface area contributed by atoms with Crippen molar-refractivity contribution < 1.29 is 32.9 Å².